The third-order valence-corrected chi connectivity index (χ3v) is 10.0. The number of methoxy groups -OCH3 is 1. The van der Waals surface area contributed by atoms with E-state index in [1.165, 1.54) is 44.9 Å². The molecule has 6 rings (SSSR count). The van der Waals surface area contributed by atoms with Crippen LogP contribution in [0.15, 0.2) is 97.3 Å². The monoisotopic (exact) mass is 728 g/mol. The van der Waals surface area contributed by atoms with Crippen molar-refractivity contribution in [1.82, 2.24) is 4.98 Å². The number of aromatic nitrogens is 1. The fourth-order valence-corrected chi connectivity index (χ4v) is 7.64. The Morgan fingerprint density at radius 3 is 2.31 bits per heavy atom. The number of hydrogen-bond donors (Lipinski definition) is 0. The normalized spacial score (nSPS) is 21.7. The summed E-state index contributed by atoms with van der Waals surface area (Å²) in [5.74, 6) is -1.39. The molecule has 52 heavy (non-hydrogen) atoms. The molecule has 3 heterocycles. The molecule has 0 bridgehead atoms. The second-order valence-electron chi connectivity index (χ2n) is 12.3. The van der Waals surface area contributed by atoms with Crippen molar-refractivity contribution >= 4 is 41.3 Å². The van der Waals surface area contributed by atoms with E-state index in [4.69, 9.17) is 23.7 Å². The third kappa shape index (κ3) is 8.60. The van der Waals surface area contributed by atoms with Crippen molar-refractivity contribution in [2.24, 2.45) is 0 Å². The zero-order chi connectivity index (χ0) is 36.8. The SMILES string of the molecule is COC(=O)C1CC(OC(C)=O)CC(Oc2ccc(C3[C@@H](SCC(OC(C)=O)c4ccc(F)cc4)C(=O)N3c3ccc(-c4cccnc4)cc3)cc2)O1. The number of carbonyl (C=O) groups excluding carboxylic acids is 4. The minimum Gasteiger partial charge on any atom is -0.467 e. The van der Waals surface area contributed by atoms with E-state index in [1.54, 1.807) is 41.6 Å². The molecule has 5 unspecified atom stereocenters. The number of halogens is 1. The number of carbonyl (C=O) groups is 4. The minimum absolute atomic E-state index is 0.119. The smallest absolute Gasteiger partial charge is 0.335 e. The van der Waals surface area contributed by atoms with E-state index in [9.17, 15) is 23.6 Å². The van der Waals surface area contributed by atoms with Crippen LogP contribution in [0.3, 0.4) is 0 Å². The third-order valence-electron chi connectivity index (χ3n) is 8.70. The summed E-state index contributed by atoms with van der Waals surface area (Å²) in [6, 6.07) is 24.0. The summed E-state index contributed by atoms with van der Waals surface area (Å²) in [6.45, 7) is 2.61. The first-order valence-electron chi connectivity index (χ1n) is 16.6. The van der Waals surface area contributed by atoms with Crippen LogP contribution in [-0.2, 0) is 38.1 Å². The fourth-order valence-electron chi connectivity index (χ4n) is 6.28. The standard InChI is InChI=1S/C39H37FN2O9S/c1-23(43)48-32-19-33(39(46)47-3)51-35(20-32)50-31-16-10-27(11-17-31)36-37(52-22-34(49-24(2)44)26-6-12-29(40)13-7-26)38(45)42(36)30-14-8-25(9-15-30)28-5-4-18-41-21-28/h4-18,21,32-37H,19-20,22H2,1-3H3/t32?,33?,34?,35?,36?,37-/m1/s1. The number of benzene rings is 3. The minimum atomic E-state index is -0.963. The molecule has 270 valence electrons. The maximum absolute atomic E-state index is 13.9. The van der Waals surface area contributed by atoms with Crippen molar-refractivity contribution in [3.05, 3.63) is 114 Å². The van der Waals surface area contributed by atoms with Crippen molar-refractivity contribution in [2.75, 3.05) is 17.8 Å². The number of nitrogens with zero attached hydrogens (tertiary/aromatic N) is 2. The van der Waals surface area contributed by atoms with Crippen molar-refractivity contribution in [3.63, 3.8) is 0 Å². The second kappa shape index (κ2) is 16.4. The molecular weight excluding hydrogens is 691 g/mol. The second-order valence-corrected chi connectivity index (χ2v) is 13.5. The van der Waals surface area contributed by atoms with E-state index in [0.29, 0.717) is 17.0 Å². The Bertz CT molecular complexity index is 1880. The van der Waals surface area contributed by atoms with Gasteiger partial charge in [-0.15, -0.1) is 11.8 Å². The number of amides is 1. The molecule has 2 aliphatic rings. The zero-order valence-electron chi connectivity index (χ0n) is 28.7. The average molecular weight is 729 g/mol. The summed E-state index contributed by atoms with van der Waals surface area (Å²) in [5.41, 5.74) is 4.04. The molecule has 2 saturated heterocycles. The molecule has 3 aromatic carbocycles. The lowest BCUT2D eigenvalue weighted by molar-refractivity contribution is -0.204. The van der Waals surface area contributed by atoms with Gasteiger partial charge in [0.15, 0.2) is 6.10 Å². The number of hydrogen-bond acceptors (Lipinski definition) is 11. The van der Waals surface area contributed by atoms with Gasteiger partial charge in [0.1, 0.15) is 29.0 Å². The summed E-state index contributed by atoms with van der Waals surface area (Å²) < 4.78 is 41.4. The Morgan fingerprint density at radius 1 is 0.942 bits per heavy atom. The van der Waals surface area contributed by atoms with E-state index in [1.807, 2.05) is 48.5 Å². The number of ether oxygens (including phenoxy) is 5. The van der Waals surface area contributed by atoms with Crippen LogP contribution < -0.4 is 9.64 Å². The lowest BCUT2D eigenvalue weighted by atomic mass is 9.92. The Labute approximate surface area is 304 Å². The van der Waals surface area contributed by atoms with Crippen molar-refractivity contribution in [1.29, 1.82) is 0 Å². The van der Waals surface area contributed by atoms with E-state index < -0.39 is 59.6 Å². The van der Waals surface area contributed by atoms with Crippen LogP contribution >= 0.6 is 11.8 Å². The first-order valence-corrected chi connectivity index (χ1v) is 17.7. The van der Waals surface area contributed by atoms with Crippen LogP contribution in [0.1, 0.15) is 50.0 Å². The Balaban J connectivity index is 1.23. The van der Waals surface area contributed by atoms with Crippen molar-refractivity contribution < 1.29 is 47.3 Å². The lowest BCUT2D eigenvalue weighted by Crippen LogP contribution is -2.57. The summed E-state index contributed by atoms with van der Waals surface area (Å²) >= 11 is 1.36. The van der Waals surface area contributed by atoms with E-state index in [2.05, 4.69) is 4.98 Å². The van der Waals surface area contributed by atoms with Gasteiger partial charge in [0.25, 0.3) is 0 Å². The average Bonchev–Trinajstić information content (AvgIpc) is 3.14. The quantitative estimate of drug-likeness (QED) is 0.0917. The summed E-state index contributed by atoms with van der Waals surface area (Å²) in [6.07, 6.45) is 0.703. The molecule has 0 aliphatic carbocycles. The number of pyridine rings is 1. The molecule has 2 aliphatic heterocycles. The fraction of sp³-hybridized carbons (Fsp3) is 0.308. The Kier molecular flexibility index (Phi) is 11.5. The highest BCUT2D eigenvalue weighted by Crippen LogP contribution is 2.47. The number of thioether (sulfide) groups is 1. The Hall–Kier alpha value is -5.27. The highest BCUT2D eigenvalue weighted by molar-refractivity contribution is 8.00. The van der Waals surface area contributed by atoms with E-state index >= 15 is 0 Å². The van der Waals surface area contributed by atoms with Gasteiger partial charge >= 0.3 is 17.9 Å². The van der Waals surface area contributed by atoms with E-state index in [0.717, 1.165) is 16.7 Å². The largest absolute Gasteiger partial charge is 0.467 e. The topological polar surface area (TPSA) is 131 Å². The number of anilines is 1. The van der Waals surface area contributed by atoms with Gasteiger partial charge in [0, 0.05) is 50.5 Å². The number of esters is 3. The first kappa shape index (κ1) is 36.5. The summed E-state index contributed by atoms with van der Waals surface area (Å²) in [4.78, 5) is 55.7. The van der Waals surface area contributed by atoms with Crippen LogP contribution in [0.2, 0.25) is 0 Å². The van der Waals surface area contributed by atoms with Crippen LogP contribution in [0.5, 0.6) is 5.75 Å². The van der Waals surface area contributed by atoms with Gasteiger partial charge in [0.05, 0.1) is 13.2 Å². The van der Waals surface area contributed by atoms with Crippen LogP contribution in [0.25, 0.3) is 11.1 Å². The number of rotatable bonds is 12. The maximum atomic E-state index is 13.9. The summed E-state index contributed by atoms with van der Waals surface area (Å²) in [7, 11) is 1.25. The van der Waals surface area contributed by atoms with Crippen LogP contribution in [-0.4, -0.2) is 65.4 Å². The summed E-state index contributed by atoms with van der Waals surface area (Å²) in [5, 5.41) is -0.532. The highest BCUT2D eigenvalue weighted by Gasteiger charge is 2.49. The Morgan fingerprint density at radius 2 is 1.67 bits per heavy atom. The molecule has 0 radical (unpaired) electrons. The molecule has 0 spiro atoms. The van der Waals surface area contributed by atoms with Crippen LogP contribution in [0.4, 0.5) is 10.1 Å². The predicted octanol–water partition coefficient (Wildman–Crippen LogP) is 6.37. The van der Waals surface area contributed by atoms with Gasteiger partial charge < -0.3 is 28.6 Å². The molecule has 4 aromatic rings. The highest BCUT2D eigenvalue weighted by atomic mass is 32.2. The van der Waals surface area contributed by atoms with Gasteiger partial charge in [0.2, 0.25) is 12.2 Å². The lowest BCUT2D eigenvalue weighted by Gasteiger charge is -2.47. The predicted molar refractivity (Wildman–Crippen MR) is 190 cm³/mol. The maximum Gasteiger partial charge on any atom is 0.335 e. The first-order chi connectivity index (χ1) is 25.1. The zero-order valence-corrected chi connectivity index (χ0v) is 29.5. The number of β-lactam (4-membered cyclic amide) rings is 1. The van der Waals surface area contributed by atoms with Gasteiger partial charge in [-0.05, 0) is 64.7 Å². The molecule has 1 aromatic heterocycles. The molecule has 11 nitrogen and oxygen atoms in total. The van der Waals surface area contributed by atoms with Crippen molar-refractivity contribution in [3.8, 4) is 16.9 Å². The van der Waals surface area contributed by atoms with E-state index in [-0.39, 0.29) is 24.5 Å². The molecule has 0 saturated carbocycles. The molecule has 0 N–H and O–H groups in total. The van der Waals surface area contributed by atoms with Gasteiger partial charge in [-0.1, -0.05) is 42.5 Å². The van der Waals surface area contributed by atoms with Gasteiger partial charge in [-0.25, -0.2) is 9.18 Å². The molecular formula is C39H37FN2O9S. The van der Waals surface area contributed by atoms with Crippen molar-refractivity contribution in [2.45, 2.75) is 62.6 Å². The van der Waals surface area contributed by atoms with Crippen LogP contribution in [0, 0.1) is 5.82 Å². The van der Waals surface area contributed by atoms with Gasteiger partial charge in [-0.3, -0.25) is 19.4 Å². The molecule has 1 amide bonds. The molecule has 13 heteroatoms. The molecule has 6 atom stereocenters. The molecule has 2 fully saturated rings. The van der Waals surface area contributed by atoms with Gasteiger partial charge in [-0.2, -0.15) is 0 Å².